The van der Waals surface area contributed by atoms with Crippen molar-refractivity contribution in [2.45, 2.75) is 27.7 Å². The number of hydrogen-bond acceptors (Lipinski definition) is 3. The van der Waals surface area contributed by atoms with Gasteiger partial charge in [0.25, 0.3) is 0 Å². The average Bonchev–Trinajstić information content (AvgIpc) is 2.79. The molecule has 33 heavy (non-hydrogen) atoms. The van der Waals surface area contributed by atoms with Gasteiger partial charge in [0.2, 0.25) is 5.91 Å². The second kappa shape index (κ2) is 9.59. The number of nitriles is 1. The van der Waals surface area contributed by atoms with Gasteiger partial charge < -0.3 is 10.2 Å². The Morgan fingerprint density at radius 3 is 2.39 bits per heavy atom. The first-order valence-corrected chi connectivity index (χ1v) is 10.8. The molecule has 0 aliphatic carbocycles. The highest BCUT2D eigenvalue weighted by Crippen LogP contribution is 2.30. The molecule has 3 aromatic rings. The Morgan fingerprint density at radius 2 is 1.79 bits per heavy atom. The van der Waals surface area contributed by atoms with Crippen molar-refractivity contribution in [2.24, 2.45) is 5.41 Å². The highest BCUT2D eigenvalue weighted by Gasteiger charge is 2.29. The van der Waals surface area contributed by atoms with Crippen LogP contribution in [0.3, 0.4) is 0 Å². The van der Waals surface area contributed by atoms with E-state index in [0.29, 0.717) is 23.5 Å². The lowest BCUT2D eigenvalue weighted by Crippen LogP contribution is -2.40. The third kappa shape index (κ3) is 5.40. The van der Waals surface area contributed by atoms with Crippen LogP contribution in [0.4, 0.5) is 17.1 Å². The van der Waals surface area contributed by atoms with Gasteiger partial charge in [-0.15, -0.1) is 0 Å². The quantitative estimate of drug-likeness (QED) is 0.449. The van der Waals surface area contributed by atoms with Gasteiger partial charge in [0.15, 0.2) is 5.69 Å². The maximum atomic E-state index is 13.0. The van der Waals surface area contributed by atoms with Gasteiger partial charge in [0.1, 0.15) is 0 Å². The van der Waals surface area contributed by atoms with Crippen molar-refractivity contribution < 1.29 is 4.79 Å². The van der Waals surface area contributed by atoms with Crippen LogP contribution in [-0.4, -0.2) is 19.5 Å². The van der Waals surface area contributed by atoms with Gasteiger partial charge in [0.05, 0.1) is 23.6 Å². The van der Waals surface area contributed by atoms with Crippen LogP contribution in [0.15, 0.2) is 60.7 Å². The van der Waals surface area contributed by atoms with Crippen molar-refractivity contribution in [1.82, 2.24) is 0 Å². The van der Waals surface area contributed by atoms with Gasteiger partial charge in [-0.2, -0.15) is 5.26 Å². The number of amides is 1. The van der Waals surface area contributed by atoms with E-state index in [1.165, 1.54) is 0 Å². The summed E-state index contributed by atoms with van der Waals surface area (Å²) in [6, 6.07) is 21.4. The first-order valence-electron chi connectivity index (χ1n) is 10.8. The number of benzene rings is 3. The second-order valence-electron chi connectivity index (χ2n) is 9.01. The van der Waals surface area contributed by atoms with Crippen molar-refractivity contribution in [3.8, 4) is 17.2 Å². The largest absolute Gasteiger partial charge is 0.374 e. The molecule has 5 heteroatoms. The topological polar surface area (TPSA) is 60.5 Å². The van der Waals surface area contributed by atoms with Crippen LogP contribution in [0, 0.1) is 37.2 Å². The van der Waals surface area contributed by atoms with Gasteiger partial charge in [0, 0.05) is 30.5 Å². The fraction of sp³-hybridized carbons (Fsp3) is 0.250. The Balaban J connectivity index is 1.80. The molecule has 0 aliphatic rings. The van der Waals surface area contributed by atoms with E-state index in [4.69, 9.17) is 6.57 Å². The van der Waals surface area contributed by atoms with Crippen molar-refractivity contribution in [3.63, 3.8) is 0 Å². The summed E-state index contributed by atoms with van der Waals surface area (Å²) >= 11 is 0. The van der Waals surface area contributed by atoms with E-state index in [2.05, 4.69) is 16.2 Å². The summed E-state index contributed by atoms with van der Waals surface area (Å²) in [7, 11) is 1.95. The van der Waals surface area contributed by atoms with Crippen LogP contribution >= 0.6 is 0 Å². The molecule has 0 heterocycles. The van der Waals surface area contributed by atoms with Crippen molar-refractivity contribution in [3.05, 3.63) is 88.8 Å². The Kier molecular flexibility index (Phi) is 6.85. The number of aryl methyl sites for hydroxylation is 2. The first-order chi connectivity index (χ1) is 15.6. The third-order valence-corrected chi connectivity index (χ3v) is 5.75. The molecule has 0 saturated carbocycles. The highest BCUT2D eigenvalue weighted by molar-refractivity contribution is 5.95. The predicted molar refractivity (Wildman–Crippen MR) is 134 cm³/mol. The molecule has 0 spiro atoms. The fourth-order valence-electron chi connectivity index (χ4n) is 3.75. The first kappa shape index (κ1) is 23.6. The third-order valence-electron chi connectivity index (χ3n) is 5.75. The molecule has 0 aliphatic heterocycles. The van der Waals surface area contributed by atoms with Crippen LogP contribution < -0.4 is 10.2 Å². The lowest BCUT2D eigenvalue weighted by molar-refractivity contribution is -0.123. The summed E-state index contributed by atoms with van der Waals surface area (Å²) in [6.07, 6.45) is 0. The van der Waals surface area contributed by atoms with Gasteiger partial charge in [-0.05, 0) is 69.2 Å². The molecule has 166 valence electrons. The van der Waals surface area contributed by atoms with Crippen LogP contribution in [0.1, 0.15) is 30.5 Å². The predicted octanol–water partition coefficient (Wildman–Crippen LogP) is 6.49. The summed E-state index contributed by atoms with van der Waals surface area (Å²) in [5, 5.41) is 12.6. The number of hydrogen-bond donors (Lipinski definition) is 1. The van der Waals surface area contributed by atoms with Crippen molar-refractivity contribution in [2.75, 3.05) is 23.8 Å². The van der Waals surface area contributed by atoms with Gasteiger partial charge in [-0.1, -0.05) is 35.9 Å². The summed E-state index contributed by atoms with van der Waals surface area (Å²) < 4.78 is 0. The summed E-state index contributed by atoms with van der Waals surface area (Å²) in [5.74, 6) is -0.100. The van der Waals surface area contributed by atoms with E-state index in [1.54, 1.807) is 12.1 Å². The van der Waals surface area contributed by atoms with Crippen LogP contribution in [-0.2, 0) is 4.79 Å². The Labute approximate surface area is 196 Å². The lowest BCUT2D eigenvalue weighted by atomic mass is 9.91. The monoisotopic (exact) mass is 436 g/mol. The Bertz CT molecular complexity index is 1260. The second-order valence-corrected chi connectivity index (χ2v) is 9.01. The molecular formula is C28H28N4O. The number of nitrogens with zero attached hydrogens (tertiary/aromatic N) is 3. The minimum Gasteiger partial charge on any atom is -0.374 e. The summed E-state index contributed by atoms with van der Waals surface area (Å²) in [4.78, 5) is 18.5. The molecule has 1 N–H and O–H groups in total. The molecule has 3 rings (SSSR count). The number of rotatable bonds is 6. The molecule has 0 unspecified atom stereocenters. The zero-order valence-corrected chi connectivity index (χ0v) is 19.7. The van der Waals surface area contributed by atoms with Crippen LogP contribution in [0.25, 0.3) is 16.0 Å². The van der Waals surface area contributed by atoms with E-state index < -0.39 is 5.41 Å². The average molecular weight is 437 g/mol. The molecule has 0 saturated heterocycles. The van der Waals surface area contributed by atoms with Gasteiger partial charge in [-0.25, -0.2) is 4.85 Å². The Hall–Kier alpha value is -4.09. The highest BCUT2D eigenvalue weighted by atomic mass is 16.2. The van der Waals surface area contributed by atoms with Crippen molar-refractivity contribution >= 4 is 23.0 Å². The van der Waals surface area contributed by atoms with Crippen molar-refractivity contribution in [1.29, 1.82) is 5.26 Å². The normalized spacial score (nSPS) is 10.8. The minimum absolute atomic E-state index is 0.100. The molecule has 0 aromatic heterocycles. The van der Waals surface area contributed by atoms with E-state index >= 15 is 0 Å². The number of carbonyl (C=O) groups excluding carboxylic acids is 1. The molecule has 0 radical (unpaired) electrons. The molecule has 5 nitrogen and oxygen atoms in total. The molecule has 0 fully saturated rings. The standard InChI is InChI=1S/C28H28N4O/c1-19-7-9-21(10-8-19)25-16-24(13-11-22(25)17-29)32(6)18-28(3,4)27(33)31-23-12-14-26(30-5)20(2)15-23/h7-16H,18H2,1-4,6H3,(H,31,33). The Morgan fingerprint density at radius 1 is 1.09 bits per heavy atom. The number of carbonyl (C=O) groups is 1. The van der Waals surface area contributed by atoms with Gasteiger partial charge >= 0.3 is 0 Å². The fourth-order valence-corrected chi connectivity index (χ4v) is 3.75. The number of nitrogens with one attached hydrogen (secondary N) is 1. The zero-order valence-electron chi connectivity index (χ0n) is 19.7. The van der Waals surface area contributed by atoms with Crippen LogP contribution in [0.5, 0.6) is 0 Å². The molecule has 0 bridgehead atoms. The maximum Gasteiger partial charge on any atom is 0.231 e. The molecular weight excluding hydrogens is 408 g/mol. The smallest absolute Gasteiger partial charge is 0.231 e. The SMILES string of the molecule is [C-]#[N+]c1ccc(NC(=O)C(C)(C)CN(C)c2ccc(C#N)c(-c3ccc(C)cc3)c2)cc1C. The minimum atomic E-state index is -0.682. The summed E-state index contributed by atoms with van der Waals surface area (Å²) in [6.45, 7) is 15.4. The maximum absolute atomic E-state index is 13.0. The number of anilines is 2. The zero-order chi connectivity index (χ0) is 24.2. The molecule has 3 aromatic carbocycles. The lowest BCUT2D eigenvalue weighted by Gasteiger charge is -2.31. The van der Waals surface area contributed by atoms with Gasteiger partial charge in [-0.3, -0.25) is 4.79 Å². The molecule has 1 amide bonds. The van der Waals surface area contributed by atoms with E-state index in [1.807, 2.05) is 88.2 Å². The summed E-state index contributed by atoms with van der Waals surface area (Å²) in [5.41, 5.74) is 5.99. The van der Waals surface area contributed by atoms with E-state index in [0.717, 1.165) is 27.9 Å². The van der Waals surface area contributed by atoms with Crippen LogP contribution in [0.2, 0.25) is 0 Å². The van der Waals surface area contributed by atoms with E-state index in [9.17, 15) is 10.1 Å². The molecule has 0 atom stereocenters. The van der Waals surface area contributed by atoms with E-state index in [-0.39, 0.29) is 5.91 Å².